The molecule has 8 nitrogen and oxygen atoms in total. The van der Waals surface area contributed by atoms with Crippen LogP contribution in [0.3, 0.4) is 0 Å². The number of carboxylic acids is 1. The van der Waals surface area contributed by atoms with Crippen LogP contribution in [0, 0.1) is 10.1 Å². The second-order valence-corrected chi connectivity index (χ2v) is 2.94. The number of benzene rings is 1. The van der Waals surface area contributed by atoms with E-state index < -0.39 is 17.5 Å². The Bertz CT molecular complexity index is 472. The van der Waals surface area contributed by atoms with Crippen molar-refractivity contribution < 1.29 is 19.6 Å². The van der Waals surface area contributed by atoms with Gasteiger partial charge in [0.15, 0.2) is 6.61 Å². The molecule has 8 heteroatoms. The molecule has 0 atom stereocenters. The molecule has 0 radical (unpaired) electrons. The standard InChI is InChI=1S/C9H9N3O5/c10-11-4-6-3-7(12(15)16)1-2-8(6)17-5-9(13)14/h1-4H,5,10H2,(H,13,14). The molecule has 0 aliphatic rings. The number of carboxylic acid groups (broad SMARTS) is 1. The van der Waals surface area contributed by atoms with E-state index >= 15 is 0 Å². The lowest BCUT2D eigenvalue weighted by Crippen LogP contribution is -2.10. The maximum absolute atomic E-state index is 10.5. The highest BCUT2D eigenvalue weighted by Crippen LogP contribution is 2.22. The van der Waals surface area contributed by atoms with Gasteiger partial charge in [-0.15, -0.1) is 0 Å². The first kappa shape index (κ1) is 12.4. The van der Waals surface area contributed by atoms with Crippen molar-refractivity contribution in [1.82, 2.24) is 0 Å². The van der Waals surface area contributed by atoms with Gasteiger partial charge < -0.3 is 15.7 Å². The van der Waals surface area contributed by atoms with Gasteiger partial charge >= 0.3 is 5.97 Å². The zero-order valence-corrected chi connectivity index (χ0v) is 8.57. The molecule has 0 spiro atoms. The van der Waals surface area contributed by atoms with Crippen molar-refractivity contribution in [2.75, 3.05) is 6.61 Å². The number of nitro groups is 1. The Morgan fingerprint density at radius 3 is 2.88 bits per heavy atom. The first-order valence-corrected chi connectivity index (χ1v) is 4.41. The van der Waals surface area contributed by atoms with E-state index in [1.165, 1.54) is 18.2 Å². The number of carbonyl (C=O) groups is 1. The second-order valence-electron chi connectivity index (χ2n) is 2.94. The molecule has 0 amide bonds. The molecule has 0 saturated carbocycles. The Balaban J connectivity index is 3.03. The van der Waals surface area contributed by atoms with Crippen molar-refractivity contribution in [2.45, 2.75) is 0 Å². The number of aliphatic carboxylic acids is 1. The number of ether oxygens (including phenoxy) is 1. The van der Waals surface area contributed by atoms with E-state index in [1.807, 2.05) is 0 Å². The molecule has 0 unspecified atom stereocenters. The van der Waals surface area contributed by atoms with Crippen molar-refractivity contribution in [3.05, 3.63) is 33.9 Å². The van der Waals surface area contributed by atoms with Crippen LogP contribution in [0.1, 0.15) is 5.56 Å². The number of nitrogens with two attached hydrogens (primary N) is 1. The first-order chi connectivity index (χ1) is 8.04. The third kappa shape index (κ3) is 3.45. The molecule has 0 heterocycles. The third-order valence-corrected chi connectivity index (χ3v) is 1.77. The van der Waals surface area contributed by atoms with Gasteiger partial charge in [0.1, 0.15) is 5.75 Å². The highest BCUT2D eigenvalue weighted by molar-refractivity contribution is 5.84. The molecular weight excluding hydrogens is 230 g/mol. The van der Waals surface area contributed by atoms with Crippen LogP contribution >= 0.6 is 0 Å². The van der Waals surface area contributed by atoms with Gasteiger partial charge in [0.05, 0.1) is 11.1 Å². The summed E-state index contributed by atoms with van der Waals surface area (Å²) < 4.78 is 4.92. The van der Waals surface area contributed by atoms with Crippen LogP contribution in [0.2, 0.25) is 0 Å². The van der Waals surface area contributed by atoms with Gasteiger partial charge in [-0.3, -0.25) is 10.1 Å². The molecule has 1 rings (SSSR count). The van der Waals surface area contributed by atoms with Gasteiger partial charge in [-0.05, 0) is 6.07 Å². The van der Waals surface area contributed by atoms with Crippen molar-refractivity contribution in [2.24, 2.45) is 10.9 Å². The van der Waals surface area contributed by atoms with E-state index in [0.29, 0.717) is 0 Å². The number of nitro benzene ring substituents is 1. The summed E-state index contributed by atoms with van der Waals surface area (Å²) in [5, 5.41) is 22.2. The fourth-order valence-electron chi connectivity index (χ4n) is 1.10. The molecule has 1 aromatic rings. The monoisotopic (exact) mass is 239 g/mol. The summed E-state index contributed by atoms with van der Waals surface area (Å²) in [6.07, 6.45) is 1.14. The van der Waals surface area contributed by atoms with E-state index in [0.717, 1.165) is 6.21 Å². The van der Waals surface area contributed by atoms with E-state index in [9.17, 15) is 14.9 Å². The predicted molar refractivity (Wildman–Crippen MR) is 58.0 cm³/mol. The Morgan fingerprint density at radius 2 is 2.35 bits per heavy atom. The van der Waals surface area contributed by atoms with Crippen LogP contribution in [0.25, 0.3) is 0 Å². The largest absolute Gasteiger partial charge is 0.481 e. The minimum absolute atomic E-state index is 0.159. The molecule has 90 valence electrons. The molecule has 0 bridgehead atoms. The summed E-state index contributed by atoms with van der Waals surface area (Å²) in [5.41, 5.74) is 0.0746. The van der Waals surface area contributed by atoms with E-state index in [2.05, 4.69) is 5.10 Å². The number of hydrazone groups is 1. The molecule has 17 heavy (non-hydrogen) atoms. The molecule has 1 aromatic carbocycles. The molecule has 3 N–H and O–H groups in total. The minimum atomic E-state index is -1.15. The molecule has 0 fully saturated rings. The van der Waals surface area contributed by atoms with Crippen LogP contribution in [0.15, 0.2) is 23.3 Å². The quantitative estimate of drug-likeness (QED) is 0.330. The zero-order valence-electron chi connectivity index (χ0n) is 8.57. The fourth-order valence-corrected chi connectivity index (χ4v) is 1.10. The van der Waals surface area contributed by atoms with Gasteiger partial charge in [0, 0.05) is 17.7 Å². The topological polar surface area (TPSA) is 128 Å². The third-order valence-electron chi connectivity index (χ3n) is 1.77. The summed E-state index contributed by atoms with van der Waals surface area (Å²) in [5.74, 6) is 3.95. The van der Waals surface area contributed by atoms with Gasteiger partial charge in [-0.25, -0.2) is 4.79 Å². The lowest BCUT2D eigenvalue weighted by atomic mass is 10.2. The van der Waals surface area contributed by atoms with E-state index in [-0.39, 0.29) is 17.0 Å². The normalized spacial score (nSPS) is 10.4. The Morgan fingerprint density at radius 1 is 1.65 bits per heavy atom. The van der Waals surface area contributed by atoms with Crippen LogP contribution in [-0.2, 0) is 4.79 Å². The fraction of sp³-hybridized carbons (Fsp3) is 0.111. The average molecular weight is 239 g/mol. The van der Waals surface area contributed by atoms with Gasteiger partial charge in [-0.2, -0.15) is 5.10 Å². The predicted octanol–water partition coefficient (Wildman–Crippen LogP) is 0.351. The Hall–Kier alpha value is -2.64. The van der Waals surface area contributed by atoms with Crippen LogP contribution in [0.4, 0.5) is 5.69 Å². The zero-order chi connectivity index (χ0) is 12.8. The lowest BCUT2D eigenvalue weighted by Gasteiger charge is -2.06. The minimum Gasteiger partial charge on any atom is -0.481 e. The summed E-state index contributed by atoms with van der Waals surface area (Å²) in [7, 11) is 0. The first-order valence-electron chi connectivity index (χ1n) is 4.41. The molecule has 0 saturated heterocycles. The Labute approximate surface area is 95.5 Å². The SMILES string of the molecule is NN=Cc1cc([N+](=O)[O-])ccc1OCC(=O)O. The number of rotatable bonds is 5. The highest BCUT2D eigenvalue weighted by Gasteiger charge is 2.11. The van der Waals surface area contributed by atoms with Crippen molar-refractivity contribution >= 4 is 17.9 Å². The van der Waals surface area contributed by atoms with Gasteiger partial charge in [0.25, 0.3) is 5.69 Å². The summed E-state index contributed by atoms with van der Waals surface area (Å²) in [6.45, 7) is -0.552. The van der Waals surface area contributed by atoms with Crippen molar-refractivity contribution in [1.29, 1.82) is 0 Å². The van der Waals surface area contributed by atoms with Gasteiger partial charge in [-0.1, -0.05) is 0 Å². The number of nitrogens with zero attached hydrogens (tertiary/aromatic N) is 2. The lowest BCUT2D eigenvalue weighted by molar-refractivity contribution is -0.384. The smallest absolute Gasteiger partial charge is 0.341 e. The van der Waals surface area contributed by atoms with E-state index in [1.54, 1.807) is 0 Å². The van der Waals surface area contributed by atoms with E-state index in [4.69, 9.17) is 15.7 Å². The summed E-state index contributed by atoms with van der Waals surface area (Å²) in [6, 6.07) is 3.68. The highest BCUT2D eigenvalue weighted by atomic mass is 16.6. The number of hydrogen-bond donors (Lipinski definition) is 2. The maximum Gasteiger partial charge on any atom is 0.341 e. The maximum atomic E-state index is 10.5. The molecule has 0 aromatic heterocycles. The summed E-state index contributed by atoms with van der Waals surface area (Å²) in [4.78, 5) is 20.3. The number of non-ortho nitro benzene ring substituents is 1. The number of hydrogen-bond acceptors (Lipinski definition) is 6. The van der Waals surface area contributed by atoms with Gasteiger partial charge in [0.2, 0.25) is 0 Å². The van der Waals surface area contributed by atoms with Crippen LogP contribution in [0.5, 0.6) is 5.75 Å². The van der Waals surface area contributed by atoms with Crippen LogP contribution < -0.4 is 10.6 Å². The molecular formula is C9H9N3O5. The van der Waals surface area contributed by atoms with Crippen molar-refractivity contribution in [3.63, 3.8) is 0 Å². The molecule has 0 aliphatic heterocycles. The van der Waals surface area contributed by atoms with Crippen LogP contribution in [-0.4, -0.2) is 28.8 Å². The molecule has 0 aliphatic carbocycles. The second kappa shape index (κ2) is 5.45. The Kier molecular flexibility index (Phi) is 3.98. The van der Waals surface area contributed by atoms with Crippen molar-refractivity contribution in [3.8, 4) is 5.75 Å². The average Bonchev–Trinajstić information content (AvgIpc) is 2.27. The summed E-state index contributed by atoms with van der Waals surface area (Å²) >= 11 is 0.